The topological polar surface area (TPSA) is 68.7 Å². The lowest BCUT2D eigenvalue weighted by atomic mass is 10.1. The molecule has 31 heavy (non-hydrogen) atoms. The van der Waals surface area contributed by atoms with Crippen molar-refractivity contribution in [1.29, 1.82) is 0 Å². The number of halogens is 1. The molecule has 0 spiro atoms. The van der Waals surface area contributed by atoms with Crippen LogP contribution in [0.1, 0.15) is 12.8 Å². The van der Waals surface area contributed by atoms with Crippen LogP contribution in [0.2, 0.25) is 5.02 Å². The normalized spacial score (nSPS) is 15.1. The number of thiazole rings is 1. The number of benzene rings is 2. The number of methoxy groups -OCH3 is 2. The number of sulfone groups is 1. The van der Waals surface area contributed by atoms with Crippen LogP contribution in [0.3, 0.4) is 0 Å². The first-order valence-corrected chi connectivity index (χ1v) is 12.7. The molecule has 9 heteroatoms. The molecule has 1 aliphatic heterocycles. The molecule has 0 N–H and O–H groups in total. The fraction of sp³-hybridized carbons (Fsp3) is 0.318. The van der Waals surface area contributed by atoms with Gasteiger partial charge in [-0.05, 0) is 43.2 Å². The average Bonchev–Trinajstić information content (AvgIpc) is 3.29. The standard InChI is InChI=1S/C22H23ClN2O4S2/c1-28-19-8-7-15(13-20(19)29-2)18-14-30-22(24-18)25-11-9-16(10-12-25)31(26,27)21-6-4-3-5-17(21)23/h3-8,13-14,16H,9-12H2,1-2H3. The SMILES string of the molecule is COc1ccc(-c2csc(N3CCC(S(=O)(=O)c4ccccc4Cl)CC3)n2)cc1OC. The largest absolute Gasteiger partial charge is 0.493 e. The molecule has 1 saturated heterocycles. The van der Waals surface area contributed by atoms with E-state index in [0.717, 1.165) is 16.4 Å². The summed E-state index contributed by atoms with van der Waals surface area (Å²) in [4.78, 5) is 7.14. The lowest BCUT2D eigenvalue weighted by molar-refractivity contribution is 0.355. The fourth-order valence-corrected chi connectivity index (χ4v) is 6.90. The van der Waals surface area contributed by atoms with Gasteiger partial charge >= 0.3 is 0 Å². The van der Waals surface area contributed by atoms with Gasteiger partial charge in [-0.25, -0.2) is 13.4 Å². The van der Waals surface area contributed by atoms with E-state index < -0.39 is 15.1 Å². The van der Waals surface area contributed by atoms with Crippen molar-refractivity contribution in [2.24, 2.45) is 0 Å². The zero-order valence-corrected chi connectivity index (χ0v) is 19.6. The maximum atomic E-state index is 13.0. The molecule has 1 aliphatic rings. The Morgan fingerprint density at radius 1 is 1.06 bits per heavy atom. The van der Waals surface area contributed by atoms with Gasteiger partial charge in [-0.3, -0.25) is 0 Å². The van der Waals surface area contributed by atoms with E-state index >= 15 is 0 Å². The summed E-state index contributed by atoms with van der Waals surface area (Å²) in [7, 11) is -0.241. The van der Waals surface area contributed by atoms with Gasteiger partial charge in [-0.15, -0.1) is 11.3 Å². The second kappa shape index (κ2) is 9.06. The van der Waals surface area contributed by atoms with Crippen LogP contribution in [0.5, 0.6) is 11.5 Å². The second-order valence-electron chi connectivity index (χ2n) is 7.25. The second-order valence-corrected chi connectivity index (χ2v) is 10.7. The predicted octanol–water partition coefficient (Wildman–Crippen LogP) is 4.92. The van der Waals surface area contributed by atoms with Crippen molar-refractivity contribution in [3.8, 4) is 22.8 Å². The van der Waals surface area contributed by atoms with Gasteiger partial charge in [-0.1, -0.05) is 23.7 Å². The maximum absolute atomic E-state index is 13.0. The van der Waals surface area contributed by atoms with E-state index in [4.69, 9.17) is 26.1 Å². The van der Waals surface area contributed by atoms with E-state index in [1.807, 2.05) is 23.6 Å². The molecule has 164 valence electrons. The Kier molecular flexibility index (Phi) is 6.41. The molecule has 0 aliphatic carbocycles. The van der Waals surface area contributed by atoms with E-state index in [1.165, 1.54) is 0 Å². The van der Waals surface area contributed by atoms with Crippen molar-refractivity contribution >= 4 is 37.9 Å². The molecule has 0 unspecified atom stereocenters. The molecule has 2 heterocycles. The molecule has 1 aromatic heterocycles. The monoisotopic (exact) mass is 478 g/mol. The predicted molar refractivity (Wildman–Crippen MR) is 125 cm³/mol. The van der Waals surface area contributed by atoms with Crippen molar-refractivity contribution < 1.29 is 17.9 Å². The third-order valence-electron chi connectivity index (χ3n) is 5.47. The van der Waals surface area contributed by atoms with Crippen molar-refractivity contribution in [1.82, 2.24) is 4.98 Å². The highest BCUT2D eigenvalue weighted by Crippen LogP contribution is 2.36. The van der Waals surface area contributed by atoms with Crippen molar-refractivity contribution in [2.45, 2.75) is 23.0 Å². The van der Waals surface area contributed by atoms with Gasteiger partial charge in [-0.2, -0.15) is 0 Å². The van der Waals surface area contributed by atoms with E-state index in [2.05, 4.69) is 4.90 Å². The number of anilines is 1. The van der Waals surface area contributed by atoms with Gasteiger partial charge in [0.1, 0.15) is 0 Å². The zero-order valence-electron chi connectivity index (χ0n) is 17.2. The first-order valence-electron chi connectivity index (χ1n) is 9.85. The molecule has 0 saturated carbocycles. The number of ether oxygens (including phenoxy) is 2. The van der Waals surface area contributed by atoms with E-state index in [0.29, 0.717) is 37.4 Å². The molecule has 0 radical (unpaired) electrons. The number of aromatic nitrogens is 1. The Morgan fingerprint density at radius 2 is 1.77 bits per heavy atom. The number of rotatable bonds is 6. The minimum atomic E-state index is -3.45. The van der Waals surface area contributed by atoms with Crippen molar-refractivity contribution in [3.63, 3.8) is 0 Å². The number of hydrogen-bond donors (Lipinski definition) is 0. The van der Waals surface area contributed by atoms with E-state index in [9.17, 15) is 8.42 Å². The molecule has 2 aromatic carbocycles. The smallest absolute Gasteiger partial charge is 0.185 e. The molecule has 4 rings (SSSR count). The molecular formula is C22H23ClN2O4S2. The Morgan fingerprint density at radius 3 is 2.45 bits per heavy atom. The Balaban J connectivity index is 1.47. The minimum Gasteiger partial charge on any atom is -0.493 e. The fourth-order valence-electron chi connectivity index (χ4n) is 3.75. The van der Waals surface area contributed by atoms with Crippen LogP contribution < -0.4 is 14.4 Å². The molecule has 3 aromatic rings. The van der Waals surface area contributed by atoms with Gasteiger partial charge < -0.3 is 14.4 Å². The summed E-state index contributed by atoms with van der Waals surface area (Å²) in [5.41, 5.74) is 1.79. The van der Waals surface area contributed by atoms with Gasteiger partial charge in [0.2, 0.25) is 0 Å². The molecule has 0 amide bonds. The Labute approximate surface area is 191 Å². The summed E-state index contributed by atoms with van der Waals surface area (Å²) < 4.78 is 36.7. The number of piperidine rings is 1. The van der Waals surface area contributed by atoms with Crippen LogP contribution in [0.25, 0.3) is 11.3 Å². The third kappa shape index (κ3) is 4.37. The van der Waals surface area contributed by atoms with Crippen LogP contribution >= 0.6 is 22.9 Å². The molecule has 1 fully saturated rings. The first-order chi connectivity index (χ1) is 14.9. The van der Waals surface area contributed by atoms with Crippen LogP contribution in [0.15, 0.2) is 52.7 Å². The van der Waals surface area contributed by atoms with Crippen LogP contribution in [-0.2, 0) is 9.84 Å². The van der Waals surface area contributed by atoms with Gasteiger partial charge in [0.25, 0.3) is 0 Å². The summed E-state index contributed by atoms with van der Waals surface area (Å²) >= 11 is 7.69. The highest BCUT2D eigenvalue weighted by Gasteiger charge is 2.33. The summed E-state index contributed by atoms with van der Waals surface area (Å²) in [6.45, 7) is 1.26. The third-order valence-corrected chi connectivity index (χ3v) is 9.13. The Hall–Kier alpha value is -2.29. The molecule has 0 atom stereocenters. The van der Waals surface area contributed by atoms with Crippen LogP contribution in [-0.4, -0.2) is 46.0 Å². The first kappa shape index (κ1) is 21.9. The van der Waals surface area contributed by atoms with Crippen LogP contribution in [0, 0.1) is 0 Å². The van der Waals surface area contributed by atoms with Crippen molar-refractivity contribution in [3.05, 3.63) is 52.9 Å². The average molecular weight is 479 g/mol. The lowest BCUT2D eigenvalue weighted by Gasteiger charge is -2.31. The molecule has 6 nitrogen and oxygen atoms in total. The molecular weight excluding hydrogens is 456 g/mol. The highest BCUT2D eigenvalue weighted by atomic mass is 35.5. The quantitative estimate of drug-likeness (QED) is 0.500. The Bertz CT molecular complexity index is 1170. The van der Waals surface area contributed by atoms with Crippen molar-refractivity contribution in [2.75, 3.05) is 32.2 Å². The van der Waals surface area contributed by atoms with E-state index in [-0.39, 0.29) is 9.92 Å². The summed E-state index contributed by atoms with van der Waals surface area (Å²) in [6, 6.07) is 12.4. The summed E-state index contributed by atoms with van der Waals surface area (Å²) in [6.07, 6.45) is 1.08. The lowest BCUT2D eigenvalue weighted by Crippen LogP contribution is -2.39. The zero-order chi connectivity index (χ0) is 22.0. The highest BCUT2D eigenvalue weighted by molar-refractivity contribution is 7.92. The number of nitrogens with zero attached hydrogens (tertiary/aromatic N) is 2. The van der Waals surface area contributed by atoms with Gasteiger partial charge in [0.15, 0.2) is 26.5 Å². The molecule has 0 bridgehead atoms. The summed E-state index contributed by atoms with van der Waals surface area (Å²) in [5.74, 6) is 1.32. The van der Waals surface area contributed by atoms with Crippen LogP contribution in [0.4, 0.5) is 5.13 Å². The minimum absolute atomic E-state index is 0.222. The van der Waals surface area contributed by atoms with Gasteiger partial charge in [0, 0.05) is 24.0 Å². The maximum Gasteiger partial charge on any atom is 0.185 e. The number of hydrogen-bond acceptors (Lipinski definition) is 7. The summed E-state index contributed by atoms with van der Waals surface area (Å²) in [5, 5.41) is 2.74. The van der Waals surface area contributed by atoms with E-state index in [1.54, 1.807) is 49.8 Å². The van der Waals surface area contributed by atoms with Gasteiger partial charge in [0.05, 0.1) is 35.1 Å².